The average Bonchev–Trinajstić information content (AvgIpc) is 2.76. The molecule has 1 aliphatic carbocycles. The van der Waals surface area contributed by atoms with Crippen molar-refractivity contribution < 1.29 is 19.4 Å². The third-order valence-electron chi connectivity index (χ3n) is 4.76. The lowest BCUT2D eigenvalue weighted by atomic mass is 9.90. The Kier molecular flexibility index (Phi) is 5.46. The molecule has 10 heteroatoms. The van der Waals surface area contributed by atoms with Crippen LogP contribution in [0.3, 0.4) is 0 Å². The Morgan fingerprint density at radius 1 is 1.12 bits per heavy atom. The highest BCUT2D eigenvalue weighted by atomic mass is 32.1. The predicted octanol–water partition coefficient (Wildman–Crippen LogP) is 5.02. The van der Waals surface area contributed by atoms with Crippen LogP contribution in [-0.4, -0.2) is 27.7 Å². The van der Waals surface area contributed by atoms with Crippen LogP contribution in [0.2, 0.25) is 0 Å². The van der Waals surface area contributed by atoms with E-state index >= 15 is 0 Å². The number of hydrogen-bond acceptors (Lipinski definition) is 6. The number of aromatic hydroxyl groups is 1. The van der Waals surface area contributed by atoms with Crippen LogP contribution in [-0.2, 0) is 0 Å². The first kappa shape index (κ1) is 20.9. The van der Waals surface area contributed by atoms with Crippen LogP contribution in [0, 0.1) is 0 Å². The van der Waals surface area contributed by atoms with Gasteiger partial charge in [-0.2, -0.15) is 0 Å². The minimum absolute atomic E-state index is 0.0188. The van der Waals surface area contributed by atoms with E-state index in [-0.39, 0.29) is 34.0 Å². The van der Waals surface area contributed by atoms with Gasteiger partial charge < -0.3 is 19.9 Å². The molecule has 1 aliphatic heterocycles. The average molecular weight is 446 g/mol. The highest BCUT2D eigenvalue weighted by Crippen LogP contribution is 2.42. The Bertz CT molecular complexity index is 1470. The van der Waals surface area contributed by atoms with E-state index in [0.717, 1.165) is 0 Å². The van der Waals surface area contributed by atoms with Crippen LogP contribution in [0.4, 0.5) is 5.69 Å². The number of nitrogens with zero attached hydrogens (tertiary/aromatic N) is 3. The van der Waals surface area contributed by atoms with E-state index in [2.05, 4.69) is 15.3 Å². The molecule has 0 radical (unpaired) electrons. The van der Waals surface area contributed by atoms with Crippen LogP contribution in [0.5, 0.6) is 5.75 Å². The quantitative estimate of drug-likeness (QED) is 0.128. The van der Waals surface area contributed by atoms with Gasteiger partial charge in [0, 0.05) is 39.2 Å². The molecule has 2 aromatic carbocycles. The van der Waals surface area contributed by atoms with Crippen molar-refractivity contribution in [3.63, 3.8) is 0 Å². The van der Waals surface area contributed by atoms with Crippen molar-refractivity contribution in [2.75, 3.05) is 11.9 Å². The smallest absolute Gasteiger partial charge is 0.336 e. The molecule has 0 atom stereocenters. The van der Waals surface area contributed by atoms with Crippen LogP contribution in [0.25, 0.3) is 43.9 Å². The van der Waals surface area contributed by atoms with Crippen LogP contribution >= 0.6 is 12.2 Å². The number of carbonyl (C=O) groups is 1. The number of benzene rings is 3. The number of nitrogens with one attached hydrogen (secondary N) is 1. The molecular weight excluding hydrogens is 432 g/mol. The second-order valence-electron chi connectivity index (χ2n) is 6.82. The van der Waals surface area contributed by atoms with Gasteiger partial charge in [0.1, 0.15) is 17.1 Å². The van der Waals surface area contributed by atoms with Gasteiger partial charge in [-0.3, -0.25) is 4.79 Å². The Morgan fingerprint density at radius 2 is 1.91 bits per heavy atom. The van der Waals surface area contributed by atoms with Crippen molar-refractivity contribution >= 4 is 39.8 Å². The summed E-state index contributed by atoms with van der Waals surface area (Å²) in [4.78, 5) is 26.9. The number of anilines is 1. The highest BCUT2D eigenvalue weighted by molar-refractivity contribution is 7.80. The molecule has 1 heterocycles. The minimum Gasteiger partial charge on any atom is -0.508 e. The number of fused-ring (bicyclic) bond motifs is 2. The molecule has 0 fully saturated rings. The number of phenolic OH excluding ortho intramolecular Hbond substituents is 1. The molecule has 0 saturated heterocycles. The molecule has 3 N–H and O–H groups in total. The second kappa shape index (κ2) is 8.38. The molecule has 9 nitrogen and oxygen atoms in total. The Morgan fingerprint density at radius 3 is 2.66 bits per heavy atom. The van der Waals surface area contributed by atoms with Crippen molar-refractivity contribution in [3.05, 3.63) is 80.8 Å². The third kappa shape index (κ3) is 3.95. The van der Waals surface area contributed by atoms with Gasteiger partial charge >= 0.3 is 5.97 Å². The summed E-state index contributed by atoms with van der Waals surface area (Å²) in [6.07, 6.45) is 0. The molecule has 0 saturated carbocycles. The summed E-state index contributed by atoms with van der Waals surface area (Å²) in [6.45, 7) is -0.0630. The number of azide groups is 1. The molecule has 0 unspecified atom stereocenters. The molecule has 0 spiro atoms. The molecule has 0 amide bonds. The van der Waals surface area contributed by atoms with Gasteiger partial charge in [0.2, 0.25) is 0 Å². The normalized spacial score (nSPS) is 10.6. The molecule has 4 rings (SSSR count). The Hall–Kier alpha value is -4.40. The SMILES string of the molecule is [N-]=[N+]=NCC(=S)Nc1ccc(-c2c3ccc(=O)cc-3oc3cc(O)ccc23)c(C(=O)O)c1. The first-order valence-electron chi connectivity index (χ1n) is 9.25. The summed E-state index contributed by atoms with van der Waals surface area (Å²) in [5.74, 6) is -0.943. The van der Waals surface area contributed by atoms with E-state index in [4.69, 9.17) is 22.2 Å². The molecule has 158 valence electrons. The molecule has 32 heavy (non-hydrogen) atoms. The van der Waals surface area contributed by atoms with Crippen LogP contribution in [0.1, 0.15) is 10.4 Å². The summed E-state index contributed by atoms with van der Waals surface area (Å²) in [5.41, 5.74) is 10.3. The fourth-order valence-corrected chi connectivity index (χ4v) is 3.64. The number of aromatic carboxylic acids is 1. The molecule has 0 aromatic heterocycles. The van der Waals surface area contributed by atoms with Crippen molar-refractivity contribution in [1.82, 2.24) is 0 Å². The van der Waals surface area contributed by atoms with Crippen molar-refractivity contribution in [2.45, 2.75) is 0 Å². The maximum Gasteiger partial charge on any atom is 0.336 e. The van der Waals surface area contributed by atoms with E-state index in [1.165, 1.54) is 30.3 Å². The minimum atomic E-state index is -1.18. The summed E-state index contributed by atoms with van der Waals surface area (Å²) in [7, 11) is 0. The fraction of sp³-hybridized carbons (Fsp3) is 0.0455. The third-order valence-corrected chi connectivity index (χ3v) is 4.99. The molecular formula is C22H14N4O5S. The van der Waals surface area contributed by atoms with Gasteiger partial charge in [-0.1, -0.05) is 23.4 Å². The lowest BCUT2D eigenvalue weighted by Gasteiger charge is -2.17. The zero-order chi connectivity index (χ0) is 22.8. The lowest BCUT2D eigenvalue weighted by molar-refractivity contribution is 0.0698. The van der Waals surface area contributed by atoms with Gasteiger partial charge in [-0.15, -0.1) is 0 Å². The number of phenols is 1. The number of rotatable bonds is 5. The Balaban J connectivity index is 1.96. The zero-order valence-electron chi connectivity index (χ0n) is 16.3. The molecule has 0 bridgehead atoms. The summed E-state index contributed by atoms with van der Waals surface area (Å²) in [6, 6.07) is 13.5. The van der Waals surface area contributed by atoms with E-state index in [0.29, 0.717) is 33.3 Å². The first-order chi connectivity index (χ1) is 15.4. The maximum absolute atomic E-state index is 12.1. The monoisotopic (exact) mass is 446 g/mol. The highest BCUT2D eigenvalue weighted by Gasteiger charge is 2.22. The zero-order valence-corrected chi connectivity index (χ0v) is 17.1. The van der Waals surface area contributed by atoms with Gasteiger partial charge in [0.15, 0.2) is 5.43 Å². The summed E-state index contributed by atoms with van der Waals surface area (Å²) in [5, 5.41) is 26.6. The van der Waals surface area contributed by atoms with Crippen molar-refractivity contribution in [2.24, 2.45) is 5.11 Å². The van der Waals surface area contributed by atoms with E-state index in [1.54, 1.807) is 24.3 Å². The standard InChI is InChI=1S/C22H14N4O5S/c23-26-24-10-20(32)25-11-1-4-14(17(7-11)22(29)30)21-15-5-2-12(27)8-18(15)31-19-9-13(28)3-6-16(19)21/h1-9,27H,10H2,(H,25,32)(H,29,30). The molecule has 2 aromatic rings. The fourth-order valence-electron chi connectivity index (χ4n) is 3.46. The number of carboxylic acids is 1. The van der Waals surface area contributed by atoms with Crippen molar-refractivity contribution in [1.29, 1.82) is 0 Å². The maximum atomic E-state index is 12.1. The van der Waals surface area contributed by atoms with Crippen LogP contribution < -0.4 is 10.7 Å². The summed E-state index contributed by atoms with van der Waals surface area (Å²) < 4.78 is 5.81. The largest absolute Gasteiger partial charge is 0.508 e. The number of hydrogen-bond donors (Lipinski definition) is 3. The van der Waals surface area contributed by atoms with Crippen LogP contribution in [0.15, 0.2) is 68.9 Å². The topological polar surface area (TPSA) is 149 Å². The van der Waals surface area contributed by atoms with Gasteiger partial charge in [-0.05, 0) is 47.5 Å². The van der Waals surface area contributed by atoms with E-state index in [1.807, 2.05) is 0 Å². The van der Waals surface area contributed by atoms with Gasteiger partial charge in [0.05, 0.1) is 17.1 Å². The first-order valence-corrected chi connectivity index (χ1v) is 9.66. The number of thiocarbonyl (C=S) groups is 1. The second-order valence-corrected chi connectivity index (χ2v) is 7.31. The van der Waals surface area contributed by atoms with Gasteiger partial charge in [-0.25, -0.2) is 4.79 Å². The lowest BCUT2D eigenvalue weighted by Crippen LogP contribution is -2.13. The predicted molar refractivity (Wildman–Crippen MR) is 123 cm³/mol. The molecule has 2 aliphatic rings. The summed E-state index contributed by atoms with van der Waals surface area (Å²) >= 11 is 5.10. The van der Waals surface area contributed by atoms with E-state index < -0.39 is 5.97 Å². The van der Waals surface area contributed by atoms with Gasteiger partial charge in [0.25, 0.3) is 0 Å². The van der Waals surface area contributed by atoms with E-state index in [9.17, 15) is 19.8 Å². The van der Waals surface area contributed by atoms with Crippen molar-refractivity contribution in [3.8, 4) is 28.2 Å². The Labute approximate surface area is 185 Å². The number of carboxylic acid groups (broad SMARTS) is 1.